The van der Waals surface area contributed by atoms with Gasteiger partial charge in [-0.1, -0.05) is 12.1 Å². The summed E-state index contributed by atoms with van der Waals surface area (Å²) in [5, 5.41) is 0. The fraction of sp³-hybridized carbons (Fsp3) is 0.462. The summed E-state index contributed by atoms with van der Waals surface area (Å²) in [5.74, 6) is 0.962. The van der Waals surface area contributed by atoms with Gasteiger partial charge in [0.1, 0.15) is 11.4 Å². The Kier molecular flexibility index (Phi) is 2.29. The quantitative estimate of drug-likeness (QED) is 0.657. The molecule has 0 unspecified atom stereocenters. The van der Waals surface area contributed by atoms with E-state index in [9.17, 15) is 4.79 Å². The number of rotatable bonds is 1. The molecule has 2 heteroatoms. The fourth-order valence-electron chi connectivity index (χ4n) is 1.86. The maximum Gasteiger partial charge on any atom is 0.159 e. The van der Waals surface area contributed by atoms with Gasteiger partial charge in [0, 0.05) is 5.56 Å². The smallest absolute Gasteiger partial charge is 0.159 e. The van der Waals surface area contributed by atoms with Gasteiger partial charge in [0.2, 0.25) is 0 Å². The van der Waals surface area contributed by atoms with Crippen LogP contribution in [0.5, 0.6) is 5.75 Å². The number of hydrogen-bond donors (Lipinski definition) is 0. The van der Waals surface area contributed by atoms with Crippen LogP contribution in [-0.4, -0.2) is 11.4 Å². The molecule has 1 aliphatic heterocycles. The highest BCUT2D eigenvalue weighted by Crippen LogP contribution is 2.33. The second-order valence-corrected chi connectivity index (χ2v) is 4.74. The lowest BCUT2D eigenvalue weighted by Crippen LogP contribution is -2.32. The molecular formula is C13H16O2. The van der Waals surface area contributed by atoms with Gasteiger partial charge in [-0.15, -0.1) is 0 Å². The fourth-order valence-corrected chi connectivity index (χ4v) is 1.86. The van der Waals surface area contributed by atoms with Gasteiger partial charge in [0.05, 0.1) is 0 Å². The monoisotopic (exact) mass is 204 g/mol. The lowest BCUT2D eigenvalue weighted by atomic mass is 9.93. The van der Waals surface area contributed by atoms with Gasteiger partial charge >= 0.3 is 0 Å². The van der Waals surface area contributed by atoms with E-state index in [0.717, 1.165) is 24.2 Å². The Hall–Kier alpha value is -1.31. The third-order valence-corrected chi connectivity index (χ3v) is 2.86. The van der Waals surface area contributed by atoms with Crippen molar-refractivity contribution in [2.24, 2.45) is 0 Å². The molecule has 0 bridgehead atoms. The summed E-state index contributed by atoms with van der Waals surface area (Å²) in [6.07, 6.45) is 2.06. The van der Waals surface area contributed by atoms with E-state index >= 15 is 0 Å². The minimum absolute atomic E-state index is 0.0878. The first-order chi connectivity index (χ1) is 6.98. The number of ether oxygens (including phenoxy) is 1. The zero-order valence-corrected chi connectivity index (χ0v) is 9.46. The maximum absolute atomic E-state index is 11.2. The average molecular weight is 204 g/mol. The molecular weight excluding hydrogens is 188 g/mol. The van der Waals surface area contributed by atoms with Crippen LogP contribution in [-0.2, 0) is 6.42 Å². The van der Waals surface area contributed by atoms with Crippen LogP contribution in [0.2, 0.25) is 0 Å². The Morgan fingerprint density at radius 1 is 1.40 bits per heavy atom. The number of carbonyl (C=O) groups is 1. The Labute approximate surface area is 90.3 Å². The highest BCUT2D eigenvalue weighted by Gasteiger charge is 2.26. The summed E-state index contributed by atoms with van der Waals surface area (Å²) < 4.78 is 5.86. The molecule has 0 fully saturated rings. The van der Waals surface area contributed by atoms with Crippen molar-refractivity contribution >= 4 is 5.78 Å². The second-order valence-electron chi connectivity index (χ2n) is 4.74. The van der Waals surface area contributed by atoms with E-state index in [-0.39, 0.29) is 11.4 Å². The molecule has 0 radical (unpaired) electrons. The highest BCUT2D eigenvalue weighted by molar-refractivity contribution is 5.94. The number of aryl methyl sites for hydroxylation is 1. The molecule has 0 saturated carbocycles. The molecule has 1 heterocycles. The molecule has 0 amide bonds. The SMILES string of the molecule is CC(=O)c1ccc2c(c1)OC(C)(C)CC2. The van der Waals surface area contributed by atoms with Crippen LogP contribution in [0.25, 0.3) is 0 Å². The first kappa shape index (κ1) is 10.2. The Morgan fingerprint density at radius 3 is 2.80 bits per heavy atom. The van der Waals surface area contributed by atoms with Crippen molar-refractivity contribution in [1.29, 1.82) is 0 Å². The lowest BCUT2D eigenvalue weighted by Gasteiger charge is -2.32. The number of Topliss-reactive ketones (excluding diaryl/α,β-unsaturated/α-hetero) is 1. The Morgan fingerprint density at radius 2 is 2.13 bits per heavy atom. The highest BCUT2D eigenvalue weighted by atomic mass is 16.5. The predicted molar refractivity (Wildman–Crippen MR) is 59.5 cm³/mol. The van der Waals surface area contributed by atoms with Crippen molar-refractivity contribution in [2.75, 3.05) is 0 Å². The molecule has 80 valence electrons. The van der Waals surface area contributed by atoms with Gasteiger partial charge in [0.15, 0.2) is 5.78 Å². The number of hydrogen-bond acceptors (Lipinski definition) is 2. The molecule has 0 atom stereocenters. The minimum Gasteiger partial charge on any atom is -0.488 e. The summed E-state index contributed by atoms with van der Waals surface area (Å²) in [7, 11) is 0. The zero-order chi connectivity index (χ0) is 11.1. The minimum atomic E-state index is -0.109. The summed E-state index contributed by atoms with van der Waals surface area (Å²) >= 11 is 0. The Balaban J connectivity index is 2.39. The van der Waals surface area contributed by atoms with E-state index in [1.807, 2.05) is 18.2 Å². The first-order valence-corrected chi connectivity index (χ1v) is 5.31. The van der Waals surface area contributed by atoms with Crippen molar-refractivity contribution in [2.45, 2.75) is 39.2 Å². The summed E-state index contributed by atoms with van der Waals surface area (Å²) in [6.45, 7) is 5.74. The largest absolute Gasteiger partial charge is 0.488 e. The molecule has 0 saturated heterocycles. The standard InChI is InChI=1S/C13H16O2/c1-9(14)11-5-4-10-6-7-13(2,3)15-12(10)8-11/h4-5,8H,6-7H2,1-3H3. The van der Waals surface area contributed by atoms with Crippen LogP contribution in [0.3, 0.4) is 0 Å². The number of carbonyl (C=O) groups excluding carboxylic acids is 1. The van der Waals surface area contributed by atoms with Crippen molar-refractivity contribution in [1.82, 2.24) is 0 Å². The van der Waals surface area contributed by atoms with E-state index in [0.29, 0.717) is 0 Å². The van der Waals surface area contributed by atoms with Crippen molar-refractivity contribution < 1.29 is 9.53 Å². The van der Waals surface area contributed by atoms with Crippen molar-refractivity contribution in [3.8, 4) is 5.75 Å². The third-order valence-electron chi connectivity index (χ3n) is 2.86. The average Bonchev–Trinajstić information content (AvgIpc) is 2.15. The van der Waals surface area contributed by atoms with E-state index in [1.54, 1.807) is 6.92 Å². The van der Waals surface area contributed by atoms with E-state index in [2.05, 4.69) is 13.8 Å². The van der Waals surface area contributed by atoms with Gasteiger partial charge in [0.25, 0.3) is 0 Å². The third kappa shape index (κ3) is 2.04. The van der Waals surface area contributed by atoms with E-state index in [1.165, 1.54) is 5.56 Å². The summed E-state index contributed by atoms with van der Waals surface area (Å²) in [4.78, 5) is 11.2. The number of benzene rings is 1. The van der Waals surface area contributed by atoms with Crippen LogP contribution in [0.15, 0.2) is 18.2 Å². The van der Waals surface area contributed by atoms with Gasteiger partial charge in [-0.05, 0) is 45.2 Å². The molecule has 0 aromatic heterocycles. The van der Waals surface area contributed by atoms with Crippen LogP contribution < -0.4 is 4.74 Å². The maximum atomic E-state index is 11.2. The Bertz CT molecular complexity index is 405. The van der Waals surface area contributed by atoms with Crippen molar-refractivity contribution in [3.05, 3.63) is 29.3 Å². The molecule has 1 aliphatic rings. The molecule has 15 heavy (non-hydrogen) atoms. The van der Waals surface area contributed by atoms with E-state index in [4.69, 9.17) is 4.74 Å². The van der Waals surface area contributed by atoms with Crippen molar-refractivity contribution in [3.63, 3.8) is 0 Å². The van der Waals surface area contributed by atoms with Crippen LogP contribution >= 0.6 is 0 Å². The molecule has 0 spiro atoms. The summed E-state index contributed by atoms with van der Waals surface area (Å²) in [5.41, 5.74) is 1.83. The number of fused-ring (bicyclic) bond motifs is 1. The van der Waals surface area contributed by atoms with E-state index < -0.39 is 0 Å². The molecule has 2 nitrogen and oxygen atoms in total. The molecule has 0 N–H and O–H groups in total. The number of ketones is 1. The molecule has 1 aromatic carbocycles. The molecule has 1 aromatic rings. The normalized spacial score (nSPS) is 17.8. The van der Waals surface area contributed by atoms with Gasteiger partial charge in [-0.25, -0.2) is 0 Å². The summed E-state index contributed by atoms with van der Waals surface area (Å²) in [6, 6.07) is 5.74. The van der Waals surface area contributed by atoms with Crippen LogP contribution in [0, 0.1) is 0 Å². The lowest BCUT2D eigenvalue weighted by molar-refractivity contribution is 0.0840. The molecule has 0 aliphatic carbocycles. The zero-order valence-electron chi connectivity index (χ0n) is 9.46. The molecule has 2 rings (SSSR count). The van der Waals surface area contributed by atoms with Gasteiger partial charge < -0.3 is 4.74 Å². The topological polar surface area (TPSA) is 26.3 Å². The predicted octanol–water partition coefficient (Wildman–Crippen LogP) is 2.99. The van der Waals surface area contributed by atoms with Crippen LogP contribution in [0.1, 0.15) is 43.1 Å². The van der Waals surface area contributed by atoms with Gasteiger partial charge in [-0.2, -0.15) is 0 Å². The second kappa shape index (κ2) is 3.37. The van der Waals surface area contributed by atoms with Crippen LogP contribution in [0.4, 0.5) is 0 Å². The first-order valence-electron chi connectivity index (χ1n) is 5.31. The van der Waals surface area contributed by atoms with Gasteiger partial charge in [-0.3, -0.25) is 4.79 Å².